The third-order valence-corrected chi connectivity index (χ3v) is 4.38. The van der Waals surface area contributed by atoms with E-state index in [-0.39, 0.29) is 12.1 Å². The minimum Gasteiger partial charge on any atom is -0.383 e. The van der Waals surface area contributed by atoms with Gasteiger partial charge in [0.1, 0.15) is 0 Å². The molecule has 2 rings (SSSR count). The van der Waals surface area contributed by atoms with Gasteiger partial charge in [0.05, 0.1) is 12.7 Å². The van der Waals surface area contributed by atoms with Gasteiger partial charge in [-0.2, -0.15) is 0 Å². The molecule has 2 aliphatic rings. The van der Waals surface area contributed by atoms with Crippen molar-refractivity contribution in [1.29, 1.82) is 0 Å². The van der Waals surface area contributed by atoms with Crippen LogP contribution >= 0.6 is 0 Å². The Morgan fingerprint density at radius 1 is 1.24 bits per heavy atom. The minimum atomic E-state index is -0.0627. The number of urea groups is 1. The molecular formula is C15H29N3O3. The number of rotatable bonds is 7. The quantitative estimate of drug-likeness (QED) is 0.731. The molecule has 2 saturated heterocycles. The first kappa shape index (κ1) is 16.5. The Bertz CT molecular complexity index is 301. The molecular weight excluding hydrogens is 270 g/mol. The molecule has 0 radical (unpaired) electrons. The topological polar surface area (TPSA) is 62.8 Å². The lowest BCUT2D eigenvalue weighted by Crippen LogP contribution is -2.44. The SMILES string of the molecule is COCCN1CCC(CNC(=O)NC[C@H]2CCCO2)CC1. The predicted molar refractivity (Wildman–Crippen MR) is 81.4 cm³/mol. The molecule has 0 aromatic carbocycles. The maximum atomic E-state index is 11.7. The zero-order valence-electron chi connectivity index (χ0n) is 13.1. The van der Waals surface area contributed by atoms with E-state index in [9.17, 15) is 4.79 Å². The van der Waals surface area contributed by atoms with Crippen LogP contribution < -0.4 is 10.6 Å². The first-order valence-electron chi connectivity index (χ1n) is 8.12. The number of ether oxygens (including phenoxy) is 2. The van der Waals surface area contributed by atoms with Crippen LogP contribution in [0.25, 0.3) is 0 Å². The molecule has 0 aliphatic carbocycles. The second kappa shape index (κ2) is 9.23. The number of hydrogen-bond acceptors (Lipinski definition) is 4. The predicted octanol–water partition coefficient (Wildman–Crippen LogP) is 0.823. The Morgan fingerprint density at radius 3 is 2.67 bits per heavy atom. The zero-order chi connectivity index (χ0) is 14.9. The van der Waals surface area contributed by atoms with Crippen molar-refractivity contribution < 1.29 is 14.3 Å². The first-order valence-corrected chi connectivity index (χ1v) is 8.12. The van der Waals surface area contributed by atoms with Crippen LogP contribution in [0.5, 0.6) is 0 Å². The summed E-state index contributed by atoms with van der Waals surface area (Å²) in [5.41, 5.74) is 0. The maximum Gasteiger partial charge on any atom is 0.314 e. The summed E-state index contributed by atoms with van der Waals surface area (Å²) in [7, 11) is 1.74. The smallest absolute Gasteiger partial charge is 0.314 e. The molecule has 0 spiro atoms. The number of carbonyl (C=O) groups is 1. The summed E-state index contributed by atoms with van der Waals surface area (Å²) in [6, 6.07) is -0.0627. The molecule has 0 saturated carbocycles. The van der Waals surface area contributed by atoms with Gasteiger partial charge in [-0.3, -0.25) is 0 Å². The first-order chi connectivity index (χ1) is 10.3. The van der Waals surface area contributed by atoms with E-state index in [4.69, 9.17) is 9.47 Å². The molecule has 0 bridgehead atoms. The van der Waals surface area contributed by atoms with Crippen LogP contribution in [0.2, 0.25) is 0 Å². The van der Waals surface area contributed by atoms with Gasteiger partial charge >= 0.3 is 6.03 Å². The van der Waals surface area contributed by atoms with Crippen LogP contribution in [0.15, 0.2) is 0 Å². The molecule has 2 N–H and O–H groups in total. The summed E-state index contributed by atoms with van der Waals surface area (Å²) in [4.78, 5) is 14.2. The third-order valence-electron chi connectivity index (χ3n) is 4.38. The van der Waals surface area contributed by atoms with E-state index in [0.717, 1.165) is 65.1 Å². The van der Waals surface area contributed by atoms with Crippen molar-refractivity contribution in [2.75, 3.05) is 53.0 Å². The second-order valence-corrected chi connectivity index (χ2v) is 6.00. The Hall–Kier alpha value is -0.850. The van der Waals surface area contributed by atoms with E-state index in [0.29, 0.717) is 12.5 Å². The number of methoxy groups -OCH3 is 1. The highest BCUT2D eigenvalue weighted by atomic mass is 16.5. The number of nitrogens with one attached hydrogen (secondary N) is 2. The highest BCUT2D eigenvalue weighted by Crippen LogP contribution is 2.16. The Kier molecular flexibility index (Phi) is 7.26. The van der Waals surface area contributed by atoms with Gasteiger partial charge in [0, 0.05) is 33.4 Å². The van der Waals surface area contributed by atoms with E-state index >= 15 is 0 Å². The largest absolute Gasteiger partial charge is 0.383 e. The highest BCUT2D eigenvalue weighted by molar-refractivity contribution is 5.73. The van der Waals surface area contributed by atoms with Crippen molar-refractivity contribution in [1.82, 2.24) is 15.5 Å². The standard InChI is InChI=1S/C15H29N3O3/c1-20-10-8-18-6-4-13(5-7-18)11-16-15(19)17-12-14-3-2-9-21-14/h13-14H,2-12H2,1H3,(H2,16,17,19)/t14-/m1/s1. The summed E-state index contributed by atoms with van der Waals surface area (Å²) in [6.45, 7) is 6.25. The van der Waals surface area contributed by atoms with Crippen LogP contribution in [0, 0.1) is 5.92 Å². The lowest BCUT2D eigenvalue weighted by atomic mass is 9.97. The average Bonchev–Trinajstić information content (AvgIpc) is 3.03. The van der Waals surface area contributed by atoms with Crippen LogP contribution in [0.4, 0.5) is 4.79 Å². The monoisotopic (exact) mass is 299 g/mol. The van der Waals surface area contributed by atoms with Crippen molar-refractivity contribution in [2.45, 2.75) is 31.8 Å². The number of hydrogen-bond donors (Lipinski definition) is 2. The minimum absolute atomic E-state index is 0.0627. The van der Waals surface area contributed by atoms with Crippen molar-refractivity contribution in [2.24, 2.45) is 5.92 Å². The molecule has 6 heteroatoms. The molecule has 0 aromatic rings. The molecule has 0 aromatic heterocycles. The fourth-order valence-corrected chi connectivity index (χ4v) is 2.95. The van der Waals surface area contributed by atoms with E-state index in [1.807, 2.05) is 0 Å². The van der Waals surface area contributed by atoms with Gasteiger partial charge in [-0.1, -0.05) is 0 Å². The van der Waals surface area contributed by atoms with Gasteiger partial charge < -0.3 is 25.0 Å². The normalized spacial score (nSPS) is 24.1. The lowest BCUT2D eigenvalue weighted by molar-refractivity contribution is 0.110. The van der Waals surface area contributed by atoms with Crippen molar-refractivity contribution in [3.05, 3.63) is 0 Å². The molecule has 2 amide bonds. The van der Waals surface area contributed by atoms with Gasteiger partial charge in [0.2, 0.25) is 0 Å². The van der Waals surface area contributed by atoms with Gasteiger partial charge in [-0.05, 0) is 44.7 Å². The Balaban J connectivity index is 1.51. The summed E-state index contributed by atoms with van der Waals surface area (Å²) in [6.07, 6.45) is 4.67. The Morgan fingerprint density at radius 2 is 2.00 bits per heavy atom. The summed E-state index contributed by atoms with van der Waals surface area (Å²) in [5.74, 6) is 0.595. The van der Waals surface area contributed by atoms with Crippen LogP contribution in [0.3, 0.4) is 0 Å². The van der Waals surface area contributed by atoms with Crippen LogP contribution in [-0.4, -0.2) is 70.1 Å². The van der Waals surface area contributed by atoms with Gasteiger partial charge in [-0.25, -0.2) is 4.79 Å². The number of piperidine rings is 1. The van der Waals surface area contributed by atoms with E-state index in [1.165, 1.54) is 0 Å². The fraction of sp³-hybridized carbons (Fsp3) is 0.933. The summed E-state index contributed by atoms with van der Waals surface area (Å²) < 4.78 is 10.6. The lowest BCUT2D eigenvalue weighted by Gasteiger charge is -2.31. The van der Waals surface area contributed by atoms with E-state index in [1.54, 1.807) is 7.11 Å². The van der Waals surface area contributed by atoms with E-state index < -0.39 is 0 Å². The van der Waals surface area contributed by atoms with E-state index in [2.05, 4.69) is 15.5 Å². The maximum absolute atomic E-state index is 11.7. The molecule has 21 heavy (non-hydrogen) atoms. The molecule has 6 nitrogen and oxygen atoms in total. The van der Waals surface area contributed by atoms with Gasteiger partial charge in [-0.15, -0.1) is 0 Å². The van der Waals surface area contributed by atoms with Gasteiger partial charge in [0.15, 0.2) is 0 Å². The second-order valence-electron chi connectivity index (χ2n) is 6.00. The number of nitrogens with zero attached hydrogens (tertiary/aromatic N) is 1. The van der Waals surface area contributed by atoms with Crippen molar-refractivity contribution in [3.8, 4) is 0 Å². The Labute approximate surface area is 127 Å². The average molecular weight is 299 g/mol. The van der Waals surface area contributed by atoms with Crippen LogP contribution in [0.1, 0.15) is 25.7 Å². The third kappa shape index (κ3) is 6.20. The fourth-order valence-electron chi connectivity index (χ4n) is 2.95. The zero-order valence-corrected chi connectivity index (χ0v) is 13.1. The van der Waals surface area contributed by atoms with Crippen LogP contribution in [-0.2, 0) is 9.47 Å². The molecule has 0 unspecified atom stereocenters. The van der Waals surface area contributed by atoms with Gasteiger partial charge in [0.25, 0.3) is 0 Å². The molecule has 122 valence electrons. The summed E-state index contributed by atoms with van der Waals surface area (Å²) in [5, 5.41) is 5.88. The number of carbonyl (C=O) groups excluding carboxylic acids is 1. The van der Waals surface area contributed by atoms with Crippen molar-refractivity contribution in [3.63, 3.8) is 0 Å². The molecule has 2 heterocycles. The molecule has 1 atom stereocenters. The summed E-state index contributed by atoms with van der Waals surface area (Å²) >= 11 is 0. The molecule has 2 aliphatic heterocycles. The highest BCUT2D eigenvalue weighted by Gasteiger charge is 2.20. The number of likely N-dealkylation sites (tertiary alicyclic amines) is 1. The number of amides is 2. The van der Waals surface area contributed by atoms with Crippen molar-refractivity contribution >= 4 is 6.03 Å². The molecule has 2 fully saturated rings.